The number of hydrogen-bond donors (Lipinski definition) is 3. The first-order valence-corrected chi connectivity index (χ1v) is 6.97. The standard InChI is InChI=1S/C15H25NO3/c1-2-9-16-14(12-18)8-11-19-15-5-3-13(4-6-15)7-10-17/h3-6,14,16-18H,2,7-12H2,1H3. The van der Waals surface area contributed by atoms with Gasteiger partial charge in [0.25, 0.3) is 0 Å². The molecule has 0 aromatic heterocycles. The molecule has 4 heteroatoms. The summed E-state index contributed by atoms with van der Waals surface area (Å²) in [6.45, 7) is 3.91. The number of nitrogens with one attached hydrogen (secondary N) is 1. The molecule has 1 unspecified atom stereocenters. The second-order valence-electron chi connectivity index (χ2n) is 4.59. The van der Waals surface area contributed by atoms with Crippen molar-refractivity contribution >= 4 is 0 Å². The van der Waals surface area contributed by atoms with Crippen molar-refractivity contribution in [1.82, 2.24) is 5.32 Å². The molecular weight excluding hydrogens is 242 g/mol. The van der Waals surface area contributed by atoms with Gasteiger partial charge < -0.3 is 20.3 Å². The van der Waals surface area contributed by atoms with Gasteiger partial charge in [-0.15, -0.1) is 0 Å². The molecule has 0 spiro atoms. The van der Waals surface area contributed by atoms with Crippen LogP contribution in [-0.4, -0.2) is 42.6 Å². The molecule has 1 aromatic rings. The topological polar surface area (TPSA) is 61.7 Å². The summed E-state index contributed by atoms with van der Waals surface area (Å²) in [4.78, 5) is 0. The normalized spacial score (nSPS) is 12.4. The van der Waals surface area contributed by atoms with Crippen LogP contribution in [-0.2, 0) is 6.42 Å². The van der Waals surface area contributed by atoms with E-state index in [1.807, 2.05) is 24.3 Å². The van der Waals surface area contributed by atoms with E-state index in [2.05, 4.69) is 12.2 Å². The molecule has 4 nitrogen and oxygen atoms in total. The van der Waals surface area contributed by atoms with Gasteiger partial charge in [-0.3, -0.25) is 0 Å². The number of benzene rings is 1. The fraction of sp³-hybridized carbons (Fsp3) is 0.600. The Morgan fingerprint density at radius 2 is 1.95 bits per heavy atom. The lowest BCUT2D eigenvalue weighted by Gasteiger charge is -2.16. The van der Waals surface area contributed by atoms with Crippen molar-refractivity contribution < 1.29 is 14.9 Å². The molecule has 3 N–H and O–H groups in total. The molecular formula is C15H25NO3. The number of aliphatic hydroxyl groups is 2. The van der Waals surface area contributed by atoms with Gasteiger partial charge >= 0.3 is 0 Å². The van der Waals surface area contributed by atoms with Gasteiger partial charge in [-0.2, -0.15) is 0 Å². The highest BCUT2D eigenvalue weighted by atomic mass is 16.5. The Balaban J connectivity index is 2.27. The zero-order chi connectivity index (χ0) is 13.9. The Morgan fingerprint density at radius 3 is 2.53 bits per heavy atom. The summed E-state index contributed by atoms with van der Waals surface area (Å²) >= 11 is 0. The van der Waals surface area contributed by atoms with Gasteiger partial charge in [0.2, 0.25) is 0 Å². The van der Waals surface area contributed by atoms with Gasteiger partial charge in [-0.25, -0.2) is 0 Å². The van der Waals surface area contributed by atoms with Crippen molar-refractivity contribution in [2.45, 2.75) is 32.2 Å². The van der Waals surface area contributed by atoms with Crippen LogP contribution in [0.3, 0.4) is 0 Å². The fourth-order valence-electron chi connectivity index (χ4n) is 1.81. The summed E-state index contributed by atoms with van der Waals surface area (Å²) in [6, 6.07) is 7.86. The SMILES string of the molecule is CCCNC(CO)CCOc1ccc(CCO)cc1. The third-order valence-corrected chi connectivity index (χ3v) is 2.96. The summed E-state index contributed by atoms with van der Waals surface area (Å²) in [6.07, 6.45) is 2.52. The number of rotatable bonds is 10. The highest BCUT2D eigenvalue weighted by molar-refractivity contribution is 5.27. The molecule has 0 aliphatic heterocycles. The molecule has 19 heavy (non-hydrogen) atoms. The van der Waals surface area contributed by atoms with Gasteiger partial charge in [0, 0.05) is 12.6 Å². The molecule has 108 valence electrons. The lowest BCUT2D eigenvalue weighted by atomic mass is 10.1. The van der Waals surface area contributed by atoms with E-state index in [-0.39, 0.29) is 19.3 Å². The molecule has 0 heterocycles. The van der Waals surface area contributed by atoms with Crippen molar-refractivity contribution in [3.63, 3.8) is 0 Å². The first-order chi connectivity index (χ1) is 9.30. The van der Waals surface area contributed by atoms with E-state index in [4.69, 9.17) is 9.84 Å². The first-order valence-electron chi connectivity index (χ1n) is 6.97. The fourth-order valence-corrected chi connectivity index (χ4v) is 1.81. The molecule has 0 amide bonds. The predicted molar refractivity (Wildman–Crippen MR) is 76.5 cm³/mol. The average molecular weight is 267 g/mol. The van der Waals surface area contributed by atoms with E-state index in [9.17, 15) is 5.11 Å². The van der Waals surface area contributed by atoms with Crippen LogP contribution in [0.2, 0.25) is 0 Å². The molecule has 0 fully saturated rings. The van der Waals surface area contributed by atoms with Crippen LogP contribution in [0.5, 0.6) is 5.75 Å². The van der Waals surface area contributed by atoms with Crippen molar-refractivity contribution in [2.24, 2.45) is 0 Å². The van der Waals surface area contributed by atoms with Gasteiger partial charge in [-0.1, -0.05) is 19.1 Å². The first kappa shape index (κ1) is 16.0. The van der Waals surface area contributed by atoms with Crippen LogP contribution in [0.4, 0.5) is 0 Å². The van der Waals surface area contributed by atoms with Crippen molar-refractivity contribution in [1.29, 1.82) is 0 Å². The average Bonchev–Trinajstić information content (AvgIpc) is 2.44. The third kappa shape index (κ3) is 6.57. The summed E-state index contributed by atoms with van der Waals surface area (Å²) in [5.74, 6) is 0.828. The van der Waals surface area contributed by atoms with Crippen molar-refractivity contribution in [3.8, 4) is 5.75 Å². The number of aliphatic hydroxyl groups excluding tert-OH is 2. The monoisotopic (exact) mass is 267 g/mol. The van der Waals surface area contributed by atoms with Gasteiger partial charge in [-0.05, 0) is 43.5 Å². The van der Waals surface area contributed by atoms with Crippen molar-refractivity contribution in [3.05, 3.63) is 29.8 Å². The lowest BCUT2D eigenvalue weighted by molar-refractivity contribution is 0.209. The Hall–Kier alpha value is -1.10. The van der Waals surface area contributed by atoms with E-state index in [0.717, 1.165) is 30.7 Å². The predicted octanol–water partition coefficient (Wildman–Crippen LogP) is 1.35. The molecule has 1 rings (SSSR count). The Bertz CT molecular complexity index is 327. The number of hydrogen-bond acceptors (Lipinski definition) is 4. The van der Waals surface area contributed by atoms with E-state index in [1.54, 1.807) is 0 Å². The smallest absolute Gasteiger partial charge is 0.119 e. The molecule has 0 aliphatic rings. The molecule has 0 saturated carbocycles. The van der Waals surface area contributed by atoms with E-state index >= 15 is 0 Å². The Labute approximate surface area is 115 Å². The highest BCUT2D eigenvalue weighted by Gasteiger charge is 2.06. The van der Waals surface area contributed by atoms with Crippen LogP contribution in [0, 0.1) is 0 Å². The highest BCUT2D eigenvalue weighted by Crippen LogP contribution is 2.13. The minimum absolute atomic E-state index is 0.105. The largest absolute Gasteiger partial charge is 0.494 e. The molecule has 0 saturated heterocycles. The van der Waals surface area contributed by atoms with Gasteiger partial charge in [0.05, 0.1) is 13.2 Å². The quantitative estimate of drug-likeness (QED) is 0.599. The number of ether oxygens (including phenoxy) is 1. The molecule has 1 aromatic carbocycles. The van der Waals surface area contributed by atoms with Gasteiger partial charge in [0.15, 0.2) is 0 Å². The molecule has 0 radical (unpaired) electrons. The summed E-state index contributed by atoms with van der Waals surface area (Å²) in [7, 11) is 0. The van der Waals surface area contributed by atoms with E-state index < -0.39 is 0 Å². The maximum atomic E-state index is 9.20. The maximum Gasteiger partial charge on any atom is 0.119 e. The molecule has 0 bridgehead atoms. The third-order valence-electron chi connectivity index (χ3n) is 2.96. The lowest BCUT2D eigenvalue weighted by Crippen LogP contribution is -2.34. The van der Waals surface area contributed by atoms with Crippen LogP contribution in [0.15, 0.2) is 24.3 Å². The van der Waals surface area contributed by atoms with Gasteiger partial charge in [0.1, 0.15) is 5.75 Å². The summed E-state index contributed by atoms with van der Waals surface area (Å²) in [5, 5.41) is 21.3. The molecule has 1 atom stereocenters. The second kappa shape index (κ2) is 9.78. The summed E-state index contributed by atoms with van der Waals surface area (Å²) in [5.41, 5.74) is 1.10. The van der Waals surface area contributed by atoms with Crippen LogP contribution < -0.4 is 10.1 Å². The zero-order valence-electron chi connectivity index (χ0n) is 11.6. The maximum absolute atomic E-state index is 9.20. The Morgan fingerprint density at radius 1 is 1.21 bits per heavy atom. The molecule has 0 aliphatic carbocycles. The minimum atomic E-state index is 0.105. The Kier molecular flexibility index (Phi) is 8.21. The zero-order valence-corrected chi connectivity index (χ0v) is 11.6. The van der Waals surface area contributed by atoms with Crippen LogP contribution in [0.1, 0.15) is 25.3 Å². The van der Waals surface area contributed by atoms with Crippen LogP contribution in [0.25, 0.3) is 0 Å². The van der Waals surface area contributed by atoms with E-state index in [0.29, 0.717) is 13.0 Å². The minimum Gasteiger partial charge on any atom is -0.494 e. The van der Waals surface area contributed by atoms with Crippen LogP contribution >= 0.6 is 0 Å². The van der Waals surface area contributed by atoms with E-state index in [1.165, 1.54) is 0 Å². The van der Waals surface area contributed by atoms with Crippen molar-refractivity contribution in [2.75, 3.05) is 26.4 Å². The summed E-state index contributed by atoms with van der Waals surface area (Å²) < 4.78 is 5.64. The second-order valence-corrected chi connectivity index (χ2v) is 4.59.